The SMILES string of the molecule is CC(C)(C)O[SiH3].Nc1ccccc1. The first-order valence-corrected chi connectivity index (χ1v) is 5.13. The lowest BCUT2D eigenvalue weighted by Gasteiger charge is -2.15. The van der Waals surface area contributed by atoms with Gasteiger partial charge < -0.3 is 10.2 Å². The van der Waals surface area contributed by atoms with Gasteiger partial charge in [0.05, 0.1) is 0 Å². The fourth-order valence-corrected chi connectivity index (χ4v) is 0.453. The summed E-state index contributed by atoms with van der Waals surface area (Å²) >= 11 is 0. The molecule has 0 heterocycles. The van der Waals surface area contributed by atoms with E-state index in [-0.39, 0.29) is 5.60 Å². The Morgan fingerprint density at radius 2 is 1.54 bits per heavy atom. The molecule has 0 aliphatic heterocycles. The number of hydrogen-bond acceptors (Lipinski definition) is 2. The van der Waals surface area contributed by atoms with Gasteiger partial charge in [0.2, 0.25) is 0 Å². The lowest BCUT2D eigenvalue weighted by Crippen LogP contribution is -2.16. The van der Waals surface area contributed by atoms with Crippen LogP contribution in [-0.4, -0.2) is 16.1 Å². The molecule has 0 unspecified atom stereocenters. The Morgan fingerprint density at radius 1 is 1.15 bits per heavy atom. The van der Waals surface area contributed by atoms with Crippen LogP contribution in [0.1, 0.15) is 20.8 Å². The molecule has 0 aliphatic rings. The molecule has 0 aromatic heterocycles. The first-order chi connectivity index (χ1) is 5.95. The third-order valence-corrected chi connectivity index (χ3v) is 2.64. The highest BCUT2D eigenvalue weighted by Crippen LogP contribution is 2.01. The minimum absolute atomic E-state index is 0.103. The second-order valence-corrected chi connectivity index (χ2v) is 4.14. The summed E-state index contributed by atoms with van der Waals surface area (Å²) < 4.78 is 5.08. The van der Waals surface area contributed by atoms with E-state index in [9.17, 15) is 0 Å². The van der Waals surface area contributed by atoms with Crippen LogP contribution in [0, 0.1) is 0 Å². The van der Waals surface area contributed by atoms with Gasteiger partial charge in [0, 0.05) is 11.3 Å². The van der Waals surface area contributed by atoms with Gasteiger partial charge in [0.25, 0.3) is 0 Å². The number of hydrogen-bond donors (Lipinski definition) is 1. The summed E-state index contributed by atoms with van der Waals surface area (Å²) in [6.07, 6.45) is 0. The lowest BCUT2D eigenvalue weighted by atomic mass is 10.2. The van der Waals surface area contributed by atoms with Crippen molar-refractivity contribution in [3.05, 3.63) is 30.3 Å². The quantitative estimate of drug-likeness (QED) is 0.503. The van der Waals surface area contributed by atoms with Crippen molar-refractivity contribution < 1.29 is 4.43 Å². The van der Waals surface area contributed by atoms with E-state index in [1.807, 2.05) is 30.3 Å². The van der Waals surface area contributed by atoms with E-state index in [0.717, 1.165) is 16.2 Å². The van der Waals surface area contributed by atoms with Crippen LogP contribution in [0.3, 0.4) is 0 Å². The Kier molecular flexibility index (Phi) is 5.42. The molecule has 0 atom stereocenters. The average Bonchev–Trinajstić information content (AvgIpc) is 2.06. The molecule has 0 radical (unpaired) electrons. The van der Waals surface area contributed by atoms with Crippen LogP contribution in [0.4, 0.5) is 5.69 Å². The number of nitrogen functional groups attached to an aromatic ring is 1. The molecule has 2 nitrogen and oxygen atoms in total. The van der Waals surface area contributed by atoms with Crippen molar-refractivity contribution >= 4 is 16.2 Å². The van der Waals surface area contributed by atoms with Gasteiger partial charge in [-0.25, -0.2) is 0 Å². The Bertz CT molecular complexity index is 218. The Morgan fingerprint density at radius 3 is 1.69 bits per heavy atom. The zero-order valence-electron chi connectivity index (χ0n) is 8.87. The highest BCUT2D eigenvalue weighted by molar-refractivity contribution is 5.98. The summed E-state index contributed by atoms with van der Waals surface area (Å²) in [5.74, 6) is 0. The zero-order valence-corrected chi connectivity index (χ0v) is 10.9. The minimum atomic E-state index is 0.103. The Hall–Kier alpha value is -0.803. The van der Waals surface area contributed by atoms with Gasteiger partial charge in [0.1, 0.15) is 10.5 Å². The van der Waals surface area contributed by atoms with Crippen LogP contribution in [0.25, 0.3) is 0 Å². The summed E-state index contributed by atoms with van der Waals surface area (Å²) in [6, 6.07) is 9.49. The summed E-state index contributed by atoms with van der Waals surface area (Å²) in [4.78, 5) is 0. The van der Waals surface area contributed by atoms with Gasteiger partial charge in [0.15, 0.2) is 0 Å². The molecule has 0 saturated heterocycles. The number of rotatable bonds is 0. The second kappa shape index (κ2) is 5.78. The molecule has 1 aromatic carbocycles. The normalized spacial score (nSPS) is 10.4. The van der Waals surface area contributed by atoms with Crippen molar-refractivity contribution in [2.45, 2.75) is 26.4 Å². The fourth-order valence-electron chi connectivity index (χ4n) is 0.453. The van der Waals surface area contributed by atoms with E-state index in [1.165, 1.54) is 0 Å². The van der Waals surface area contributed by atoms with Gasteiger partial charge in [-0.1, -0.05) is 18.2 Å². The highest BCUT2D eigenvalue weighted by Gasteiger charge is 2.03. The van der Waals surface area contributed by atoms with Crippen LogP contribution < -0.4 is 5.73 Å². The van der Waals surface area contributed by atoms with Gasteiger partial charge in [-0.3, -0.25) is 0 Å². The average molecular weight is 197 g/mol. The van der Waals surface area contributed by atoms with Crippen molar-refractivity contribution in [3.8, 4) is 0 Å². The van der Waals surface area contributed by atoms with Gasteiger partial charge in [-0.15, -0.1) is 0 Å². The molecule has 0 bridgehead atoms. The molecule has 0 saturated carbocycles. The van der Waals surface area contributed by atoms with E-state index in [1.54, 1.807) is 0 Å². The predicted molar refractivity (Wildman–Crippen MR) is 61.6 cm³/mol. The molecule has 0 amide bonds. The van der Waals surface area contributed by atoms with Gasteiger partial charge >= 0.3 is 0 Å². The maximum Gasteiger partial charge on any atom is 0.146 e. The highest BCUT2D eigenvalue weighted by atomic mass is 28.2. The van der Waals surface area contributed by atoms with E-state index < -0.39 is 0 Å². The van der Waals surface area contributed by atoms with E-state index in [4.69, 9.17) is 10.2 Å². The molecule has 13 heavy (non-hydrogen) atoms. The largest absolute Gasteiger partial charge is 0.423 e. The molecular weight excluding hydrogens is 178 g/mol. The van der Waals surface area contributed by atoms with Crippen molar-refractivity contribution in [1.82, 2.24) is 0 Å². The smallest absolute Gasteiger partial charge is 0.146 e. The summed E-state index contributed by atoms with van der Waals surface area (Å²) in [6.45, 7) is 6.17. The Labute approximate surface area is 83.6 Å². The molecular formula is C10H19NOSi. The topological polar surface area (TPSA) is 35.2 Å². The number of nitrogens with two attached hydrogens (primary N) is 1. The minimum Gasteiger partial charge on any atom is -0.423 e. The van der Waals surface area contributed by atoms with Crippen molar-refractivity contribution in [2.75, 3.05) is 5.73 Å². The van der Waals surface area contributed by atoms with Crippen molar-refractivity contribution in [3.63, 3.8) is 0 Å². The van der Waals surface area contributed by atoms with Crippen molar-refractivity contribution in [2.24, 2.45) is 0 Å². The summed E-state index contributed by atoms with van der Waals surface area (Å²) in [5, 5.41) is 0. The number of anilines is 1. The fraction of sp³-hybridized carbons (Fsp3) is 0.400. The first kappa shape index (κ1) is 12.2. The molecule has 0 spiro atoms. The standard InChI is InChI=1S/C6H7N.C4H12OSi/c7-6-4-2-1-3-5-6;1-4(2,3)5-6/h1-5H,7H2;1-3,6H3. The number of para-hydroxylation sites is 1. The van der Waals surface area contributed by atoms with E-state index in [0.29, 0.717) is 0 Å². The zero-order chi connectivity index (χ0) is 10.3. The second-order valence-electron chi connectivity index (χ2n) is 3.73. The summed E-state index contributed by atoms with van der Waals surface area (Å²) in [5.41, 5.74) is 6.28. The van der Waals surface area contributed by atoms with Crippen LogP contribution in [-0.2, 0) is 4.43 Å². The van der Waals surface area contributed by atoms with Gasteiger partial charge in [-0.05, 0) is 32.9 Å². The first-order valence-electron chi connectivity index (χ1n) is 4.31. The van der Waals surface area contributed by atoms with Gasteiger partial charge in [-0.2, -0.15) is 0 Å². The van der Waals surface area contributed by atoms with Crippen LogP contribution in [0.5, 0.6) is 0 Å². The molecule has 3 heteroatoms. The molecule has 1 aromatic rings. The third kappa shape index (κ3) is 9.11. The molecule has 74 valence electrons. The monoisotopic (exact) mass is 197 g/mol. The number of benzene rings is 1. The molecule has 0 fully saturated rings. The molecule has 1 rings (SSSR count). The predicted octanol–water partition coefficient (Wildman–Crippen LogP) is 1.35. The summed E-state index contributed by atoms with van der Waals surface area (Å²) in [7, 11) is 0.848. The van der Waals surface area contributed by atoms with Crippen LogP contribution in [0.2, 0.25) is 0 Å². The lowest BCUT2D eigenvalue weighted by molar-refractivity contribution is 0.147. The van der Waals surface area contributed by atoms with Crippen LogP contribution in [0.15, 0.2) is 30.3 Å². The van der Waals surface area contributed by atoms with Crippen molar-refractivity contribution in [1.29, 1.82) is 0 Å². The third-order valence-electron chi connectivity index (χ3n) is 1.41. The maximum absolute atomic E-state index is 5.36. The molecule has 2 N–H and O–H groups in total. The maximum atomic E-state index is 5.36. The molecule has 0 aliphatic carbocycles. The Balaban J connectivity index is 0.000000226. The van der Waals surface area contributed by atoms with Crippen LogP contribution >= 0.6 is 0 Å². The van der Waals surface area contributed by atoms with E-state index in [2.05, 4.69) is 20.8 Å². The van der Waals surface area contributed by atoms with E-state index >= 15 is 0 Å².